The van der Waals surface area contributed by atoms with E-state index in [2.05, 4.69) is 20.8 Å². The summed E-state index contributed by atoms with van der Waals surface area (Å²) in [7, 11) is 0. The Labute approximate surface area is 158 Å². The van der Waals surface area contributed by atoms with Gasteiger partial charge in [0, 0.05) is 28.6 Å². The molecule has 0 saturated heterocycles. The van der Waals surface area contributed by atoms with Crippen LogP contribution in [0.5, 0.6) is 0 Å². The first-order valence-electron chi connectivity index (χ1n) is 7.93. The number of carbonyl (C=O) groups excluding carboxylic acids is 1. The number of carbonyl (C=O) groups is 1. The number of aromatic nitrogens is 1. The molecule has 3 rings (SSSR count). The molecule has 136 valence electrons. The van der Waals surface area contributed by atoms with Crippen LogP contribution in [-0.2, 0) is 4.79 Å². The lowest BCUT2D eigenvalue weighted by atomic mass is 10.2. The van der Waals surface area contributed by atoms with E-state index in [9.17, 15) is 14.9 Å². The summed E-state index contributed by atoms with van der Waals surface area (Å²) in [5.74, 6) is -0.292. The predicted molar refractivity (Wildman–Crippen MR) is 105 cm³/mol. The van der Waals surface area contributed by atoms with E-state index in [1.807, 2.05) is 35.7 Å². The highest BCUT2D eigenvalue weighted by molar-refractivity contribution is 7.14. The number of anilines is 1. The zero-order valence-electron chi connectivity index (χ0n) is 14.0. The summed E-state index contributed by atoms with van der Waals surface area (Å²) >= 11 is 1.34. The number of nitrogens with one attached hydrogen (secondary N) is 2. The number of hydrazone groups is 1. The highest BCUT2D eigenvalue weighted by Gasteiger charge is 2.07. The minimum absolute atomic E-state index is 0.0188. The van der Waals surface area contributed by atoms with E-state index in [-0.39, 0.29) is 18.1 Å². The normalized spacial score (nSPS) is 10.7. The van der Waals surface area contributed by atoms with Gasteiger partial charge in [-0.15, -0.1) is 11.3 Å². The first-order chi connectivity index (χ1) is 13.1. The van der Waals surface area contributed by atoms with Crippen LogP contribution in [0, 0.1) is 10.1 Å². The zero-order chi connectivity index (χ0) is 19.1. The van der Waals surface area contributed by atoms with Gasteiger partial charge in [-0.05, 0) is 0 Å². The Kier molecular flexibility index (Phi) is 5.85. The van der Waals surface area contributed by atoms with Gasteiger partial charge in [-0.1, -0.05) is 42.5 Å². The van der Waals surface area contributed by atoms with Crippen LogP contribution in [0.1, 0.15) is 5.56 Å². The maximum Gasteiger partial charge on any atom is 0.270 e. The fraction of sp³-hybridized carbons (Fsp3) is 0.0556. The number of thiazole rings is 1. The quantitative estimate of drug-likeness (QED) is 0.371. The molecule has 1 amide bonds. The standard InChI is InChI=1S/C18H15N5O3S/c24-17(11-20-19-10-13-5-4-8-15(9-13)23(25)26)22-18-21-16(12-27-18)14-6-2-1-3-7-14/h1-10,12,20H,11H2,(H,21,22,24)/b19-10+. The second-order valence-corrected chi connectivity index (χ2v) is 6.26. The summed E-state index contributed by atoms with van der Waals surface area (Å²) in [6.45, 7) is -0.0499. The van der Waals surface area contributed by atoms with Crippen molar-refractivity contribution in [2.75, 3.05) is 11.9 Å². The monoisotopic (exact) mass is 381 g/mol. The predicted octanol–water partition coefficient (Wildman–Crippen LogP) is 3.28. The van der Waals surface area contributed by atoms with E-state index < -0.39 is 4.92 Å². The fourth-order valence-corrected chi connectivity index (χ4v) is 2.93. The molecule has 0 saturated carbocycles. The third kappa shape index (κ3) is 5.19. The molecule has 0 atom stereocenters. The van der Waals surface area contributed by atoms with Gasteiger partial charge in [0.25, 0.3) is 5.69 Å². The van der Waals surface area contributed by atoms with Crippen LogP contribution in [0.15, 0.2) is 65.1 Å². The maximum atomic E-state index is 11.9. The first-order valence-corrected chi connectivity index (χ1v) is 8.81. The van der Waals surface area contributed by atoms with Crippen molar-refractivity contribution >= 4 is 34.3 Å². The van der Waals surface area contributed by atoms with Gasteiger partial charge in [0.15, 0.2) is 5.13 Å². The Morgan fingerprint density at radius 3 is 2.81 bits per heavy atom. The van der Waals surface area contributed by atoms with Crippen LogP contribution in [-0.4, -0.2) is 28.6 Å². The second kappa shape index (κ2) is 8.68. The highest BCUT2D eigenvalue weighted by Crippen LogP contribution is 2.24. The Bertz CT molecular complexity index is 972. The molecule has 0 aliphatic rings. The average Bonchev–Trinajstić information content (AvgIpc) is 3.14. The lowest BCUT2D eigenvalue weighted by Gasteiger charge is -2.01. The van der Waals surface area contributed by atoms with E-state index in [1.54, 1.807) is 12.1 Å². The molecule has 2 N–H and O–H groups in total. The number of benzene rings is 2. The Balaban J connectivity index is 1.49. The van der Waals surface area contributed by atoms with Gasteiger partial charge in [-0.2, -0.15) is 5.10 Å². The molecule has 0 radical (unpaired) electrons. The lowest BCUT2D eigenvalue weighted by molar-refractivity contribution is -0.384. The Morgan fingerprint density at radius 1 is 1.22 bits per heavy atom. The summed E-state index contributed by atoms with van der Waals surface area (Å²) in [5.41, 5.74) is 4.93. The van der Waals surface area contributed by atoms with Crippen molar-refractivity contribution in [1.29, 1.82) is 0 Å². The van der Waals surface area contributed by atoms with Crippen LogP contribution in [0.25, 0.3) is 11.3 Å². The van der Waals surface area contributed by atoms with Crippen molar-refractivity contribution in [2.24, 2.45) is 5.10 Å². The second-order valence-electron chi connectivity index (χ2n) is 5.40. The largest absolute Gasteiger partial charge is 0.301 e. The molecule has 2 aromatic carbocycles. The zero-order valence-corrected chi connectivity index (χ0v) is 14.8. The van der Waals surface area contributed by atoms with E-state index in [0.717, 1.165) is 11.3 Å². The summed E-state index contributed by atoms with van der Waals surface area (Å²) < 4.78 is 0. The molecule has 0 spiro atoms. The minimum Gasteiger partial charge on any atom is -0.301 e. The summed E-state index contributed by atoms with van der Waals surface area (Å²) in [6.07, 6.45) is 1.41. The van der Waals surface area contributed by atoms with Gasteiger partial charge in [-0.25, -0.2) is 4.98 Å². The maximum absolute atomic E-state index is 11.9. The summed E-state index contributed by atoms with van der Waals surface area (Å²) in [6, 6.07) is 15.7. The third-order valence-corrected chi connectivity index (χ3v) is 4.20. The van der Waals surface area contributed by atoms with E-state index >= 15 is 0 Å². The van der Waals surface area contributed by atoms with E-state index in [0.29, 0.717) is 10.7 Å². The first kappa shape index (κ1) is 18.2. The van der Waals surface area contributed by atoms with Gasteiger partial charge in [-0.3, -0.25) is 14.9 Å². The van der Waals surface area contributed by atoms with Crippen molar-refractivity contribution in [3.05, 3.63) is 75.7 Å². The van der Waals surface area contributed by atoms with Crippen molar-refractivity contribution in [3.8, 4) is 11.3 Å². The van der Waals surface area contributed by atoms with Crippen molar-refractivity contribution < 1.29 is 9.72 Å². The van der Waals surface area contributed by atoms with Crippen molar-refractivity contribution in [2.45, 2.75) is 0 Å². The molecule has 9 heteroatoms. The number of nitro groups is 1. The number of rotatable bonds is 7. The number of hydrogen-bond acceptors (Lipinski definition) is 7. The molecule has 0 unspecified atom stereocenters. The Hall–Kier alpha value is -3.59. The number of non-ortho nitro benzene ring substituents is 1. The van der Waals surface area contributed by atoms with Gasteiger partial charge in [0.2, 0.25) is 5.91 Å². The molecule has 0 bridgehead atoms. The van der Waals surface area contributed by atoms with Gasteiger partial charge in [0.05, 0.1) is 16.8 Å². The number of nitrogens with zero attached hydrogens (tertiary/aromatic N) is 3. The molecular weight excluding hydrogens is 366 g/mol. The molecule has 0 aliphatic heterocycles. The highest BCUT2D eigenvalue weighted by atomic mass is 32.1. The summed E-state index contributed by atoms with van der Waals surface area (Å²) in [5, 5.41) is 19.7. The van der Waals surface area contributed by atoms with E-state index in [1.165, 1.54) is 29.7 Å². The molecule has 8 nitrogen and oxygen atoms in total. The lowest BCUT2D eigenvalue weighted by Crippen LogP contribution is -2.24. The number of amides is 1. The van der Waals surface area contributed by atoms with Crippen LogP contribution < -0.4 is 10.7 Å². The van der Waals surface area contributed by atoms with Crippen LogP contribution in [0.2, 0.25) is 0 Å². The number of hydrogen-bond donors (Lipinski definition) is 2. The van der Waals surface area contributed by atoms with Crippen molar-refractivity contribution in [1.82, 2.24) is 10.4 Å². The molecular formula is C18H15N5O3S. The van der Waals surface area contributed by atoms with E-state index in [4.69, 9.17) is 0 Å². The third-order valence-electron chi connectivity index (χ3n) is 3.45. The summed E-state index contributed by atoms with van der Waals surface area (Å²) in [4.78, 5) is 26.6. The van der Waals surface area contributed by atoms with Crippen LogP contribution >= 0.6 is 11.3 Å². The molecule has 1 heterocycles. The average molecular weight is 381 g/mol. The van der Waals surface area contributed by atoms with Crippen LogP contribution in [0.4, 0.5) is 10.8 Å². The molecule has 0 fully saturated rings. The molecule has 0 aliphatic carbocycles. The number of nitro benzene ring substituents is 1. The van der Waals surface area contributed by atoms with Crippen LogP contribution in [0.3, 0.4) is 0 Å². The minimum atomic E-state index is -0.476. The van der Waals surface area contributed by atoms with Crippen molar-refractivity contribution in [3.63, 3.8) is 0 Å². The Morgan fingerprint density at radius 2 is 2.04 bits per heavy atom. The molecule has 27 heavy (non-hydrogen) atoms. The molecule has 3 aromatic rings. The fourth-order valence-electron chi connectivity index (χ4n) is 2.19. The smallest absolute Gasteiger partial charge is 0.270 e. The van der Waals surface area contributed by atoms with Gasteiger partial charge >= 0.3 is 0 Å². The topological polar surface area (TPSA) is 110 Å². The SMILES string of the molecule is O=C(CN/N=C/c1cccc([N+](=O)[O-])c1)Nc1nc(-c2ccccc2)cs1. The molecule has 1 aromatic heterocycles. The van der Waals surface area contributed by atoms with Gasteiger partial charge < -0.3 is 10.7 Å². The van der Waals surface area contributed by atoms with Gasteiger partial charge in [0.1, 0.15) is 6.54 Å².